The van der Waals surface area contributed by atoms with Crippen molar-refractivity contribution < 1.29 is 4.79 Å². The predicted molar refractivity (Wildman–Crippen MR) is 64.5 cm³/mol. The fourth-order valence-electron chi connectivity index (χ4n) is 2.05. The van der Waals surface area contributed by atoms with Gasteiger partial charge in [-0.2, -0.15) is 0 Å². The van der Waals surface area contributed by atoms with Crippen LogP contribution in [0.1, 0.15) is 49.0 Å². The second-order valence-corrected chi connectivity index (χ2v) is 4.46. The summed E-state index contributed by atoms with van der Waals surface area (Å²) < 4.78 is 0. The Bertz CT molecular complexity index is 344. The van der Waals surface area contributed by atoms with Crippen molar-refractivity contribution in [1.29, 1.82) is 0 Å². The third-order valence-electron chi connectivity index (χ3n) is 2.82. The van der Waals surface area contributed by atoms with E-state index in [0.717, 1.165) is 12.0 Å². The molecule has 0 N–H and O–H groups in total. The molecule has 0 aliphatic carbocycles. The zero-order valence-corrected chi connectivity index (χ0v) is 10.2. The van der Waals surface area contributed by atoms with E-state index in [1.54, 1.807) is 6.07 Å². The van der Waals surface area contributed by atoms with Gasteiger partial charge >= 0.3 is 0 Å². The SMILES string of the molecule is CCC(c1ccccc1C(=O)Cl)C(C)C. The van der Waals surface area contributed by atoms with Crippen LogP contribution in [0.4, 0.5) is 0 Å². The van der Waals surface area contributed by atoms with Crippen LogP contribution in [0.25, 0.3) is 0 Å². The Hall–Kier alpha value is -0.820. The standard InChI is InChI=1S/C13H17ClO/c1-4-10(9(2)3)11-7-5-6-8-12(11)13(14)15/h5-10H,4H2,1-3H3. The monoisotopic (exact) mass is 224 g/mol. The number of halogens is 1. The van der Waals surface area contributed by atoms with Crippen molar-refractivity contribution in [3.05, 3.63) is 35.4 Å². The lowest BCUT2D eigenvalue weighted by atomic mass is 9.84. The molecule has 82 valence electrons. The first-order valence-electron chi connectivity index (χ1n) is 5.36. The smallest absolute Gasteiger partial charge is 0.252 e. The van der Waals surface area contributed by atoms with Gasteiger partial charge in [-0.15, -0.1) is 0 Å². The molecule has 0 aliphatic heterocycles. The van der Waals surface area contributed by atoms with E-state index in [2.05, 4.69) is 20.8 Å². The van der Waals surface area contributed by atoms with Crippen molar-refractivity contribution in [1.82, 2.24) is 0 Å². The highest BCUT2D eigenvalue weighted by molar-refractivity contribution is 6.67. The molecule has 1 nitrogen and oxygen atoms in total. The Morgan fingerprint density at radius 1 is 1.33 bits per heavy atom. The van der Waals surface area contributed by atoms with Gasteiger partial charge in [0.25, 0.3) is 5.24 Å². The van der Waals surface area contributed by atoms with E-state index in [9.17, 15) is 4.79 Å². The van der Waals surface area contributed by atoms with Crippen LogP contribution in [0.2, 0.25) is 0 Å². The summed E-state index contributed by atoms with van der Waals surface area (Å²) in [7, 11) is 0. The number of carbonyl (C=O) groups excluding carboxylic acids is 1. The molecule has 0 bridgehead atoms. The summed E-state index contributed by atoms with van der Waals surface area (Å²) in [5.41, 5.74) is 1.73. The highest BCUT2D eigenvalue weighted by Crippen LogP contribution is 2.30. The van der Waals surface area contributed by atoms with E-state index >= 15 is 0 Å². The maximum atomic E-state index is 11.3. The van der Waals surface area contributed by atoms with Crippen molar-refractivity contribution >= 4 is 16.8 Å². The molecule has 1 aromatic carbocycles. The molecule has 0 amide bonds. The summed E-state index contributed by atoms with van der Waals surface area (Å²) in [6.45, 7) is 6.48. The zero-order valence-electron chi connectivity index (χ0n) is 9.46. The van der Waals surface area contributed by atoms with Crippen molar-refractivity contribution in [3.8, 4) is 0 Å². The van der Waals surface area contributed by atoms with Crippen molar-refractivity contribution in [2.24, 2.45) is 5.92 Å². The first kappa shape index (κ1) is 12.3. The van der Waals surface area contributed by atoms with Crippen LogP contribution >= 0.6 is 11.6 Å². The summed E-state index contributed by atoms with van der Waals surface area (Å²) >= 11 is 5.58. The first-order chi connectivity index (χ1) is 7.07. The van der Waals surface area contributed by atoms with E-state index in [-0.39, 0.29) is 5.24 Å². The number of hydrogen-bond acceptors (Lipinski definition) is 1. The van der Waals surface area contributed by atoms with E-state index in [4.69, 9.17) is 11.6 Å². The molecule has 0 aromatic heterocycles. The van der Waals surface area contributed by atoms with Gasteiger partial charge in [0.1, 0.15) is 0 Å². The molecular weight excluding hydrogens is 208 g/mol. The average molecular weight is 225 g/mol. The number of rotatable bonds is 4. The van der Waals surface area contributed by atoms with Gasteiger partial charge in [0, 0.05) is 5.56 Å². The molecule has 1 atom stereocenters. The third kappa shape index (κ3) is 2.82. The molecule has 0 fully saturated rings. The Kier molecular flexibility index (Phi) is 4.34. The highest BCUT2D eigenvalue weighted by Gasteiger charge is 2.18. The zero-order chi connectivity index (χ0) is 11.4. The van der Waals surface area contributed by atoms with Gasteiger partial charge in [-0.05, 0) is 41.5 Å². The van der Waals surface area contributed by atoms with Gasteiger partial charge in [0.15, 0.2) is 0 Å². The first-order valence-corrected chi connectivity index (χ1v) is 5.74. The molecule has 1 rings (SSSR count). The molecule has 15 heavy (non-hydrogen) atoms. The maximum absolute atomic E-state index is 11.3. The number of hydrogen-bond donors (Lipinski definition) is 0. The fourth-order valence-corrected chi connectivity index (χ4v) is 2.22. The summed E-state index contributed by atoms with van der Waals surface area (Å²) in [5, 5.41) is -0.357. The van der Waals surface area contributed by atoms with Gasteiger partial charge in [-0.3, -0.25) is 4.79 Å². The predicted octanol–water partition coefficient (Wildman–Crippen LogP) is 4.22. The lowest BCUT2D eigenvalue weighted by Crippen LogP contribution is -2.09. The van der Waals surface area contributed by atoms with Crippen molar-refractivity contribution in [3.63, 3.8) is 0 Å². The van der Waals surface area contributed by atoms with Gasteiger partial charge in [0.05, 0.1) is 0 Å². The summed E-state index contributed by atoms with van der Waals surface area (Å²) in [6, 6.07) is 7.62. The van der Waals surface area contributed by atoms with Crippen LogP contribution in [-0.4, -0.2) is 5.24 Å². The molecule has 2 heteroatoms. The number of carbonyl (C=O) groups is 1. The molecule has 0 saturated carbocycles. The van der Waals surface area contributed by atoms with Crippen LogP contribution in [-0.2, 0) is 0 Å². The van der Waals surface area contributed by atoms with Crippen LogP contribution in [0.15, 0.2) is 24.3 Å². The minimum atomic E-state index is -0.357. The topological polar surface area (TPSA) is 17.1 Å². The number of benzene rings is 1. The van der Waals surface area contributed by atoms with Gasteiger partial charge in [-0.1, -0.05) is 39.0 Å². The van der Waals surface area contributed by atoms with Crippen LogP contribution < -0.4 is 0 Å². The van der Waals surface area contributed by atoms with Crippen LogP contribution in [0, 0.1) is 5.92 Å². The summed E-state index contributed by atoms with van der Waals surface area (Å²) in [5.74, 6) is 0.927. The maximum Gasteiger partial charge on any atom is 0.252 e. The quantitative estimate of drug-likeness (QED) is 0.700. The molecule has 1 unspecified atom stereocenters. The Morgan fingerprint density at radius 3 is 2.40 bits per heavy atom. The summed E-state index contributed by atoms with van der Waals surface area (Å²) in [4.78, 5) is 11.3. The van der Waals surface area contributed by atoms with Gasteiger partial charge < -0.3 is 0 Å². The molecule has 0 heterocycles. The molecule has 0 saturated heterocycles. The molecule has 0 radical (unpaired) electrons. The lowest BCUT2D eigenvalue weighted by Gasteiger charge is -2.21. The van der Waals surface area contributed by atoms with Gasteiger partial charge in [0.2, 0.25) is 0 Å². The second-order valence-electron chi connectivity index (χ2n) is 4.12. The average Bonchev–Trinajstić information content (AvgIpc) is 2.18. The van der Waals surface area contributed by atoms with E-state index in [1.807, 2.05) is 18.2 Å². The normalized spacial score (nSPS) is 12.9. The van der Waals surface area contributed by atoms with Gasteiger partial charge in [-0.25, -0.2) is 0 Å². The fraction of sp³-hybridized carbons (Fsp3) is 0.462. The van der Waals surface area contributed by atoms with Crippen LogP contribution in [0.5, 0.6) is 0 Å². The Balaban J connectivity index is 3.16. The Labute approximate surface area is 96.5 Å². The largest absolute Gasteiger partial charge is 0.276 e. The molecule has 1 aromatic rings. The Morgan fingerprint density at radius 2 is 1.93 bits per heavy atom. The minimum absolute atomic E-state index is 0.357. The van der Waals surface area contributed by atoms with E-state index in [0.29, 0.717) is 17.4 Å². The van der Waals surface area contributed by atoms with Crippen molar-refractivity contribution in [2.45, 2.75) is 33.1 Å². The molecule has 0 spiro atoms. The second kappa shape index (κ2) is 5.32. The molecular formula is C13H17ClO. The molecule has 0 aliphatic rings. The highest BCUT2D eigenvalue weighted by atomic mass is 35.5. The summed E-state index contributed by atoms with van der Waals surface area (Å²) in [6.07, 6.45) is 1.03. The minimum Gasteiger partial charge on any atom is -0.276 e. The lowest BCUT2D eigenvalue weighted by molar-refractivity contribution is 0.108. The van der Waals surface area contributed by atoms with E-state index in [1.165, 1.54) is 0 Å². The third-order valence-corrected chi connectivity index (χ3v) is 3.02. The van der Waals surface area contributed by atoms with E-state index < -0.39 is 0 Å². The van der Waals surface area contributed by atoms with Crippen molar-refractivity contribution in [2.75, 3.05) is 0 Å². The van der Waals surface area contributed by atoms with Crippen LogP contribution in [0.3, 0.4) is 0 Å².